The fraction of sp³-hybridized carbons (Fsp3) is 0.474. The van der Waals surface area contributed by atoms with Crippen LogP contribution in [0, 0.1) is 0 Å². The van der Waals surface area contributed by atoms with Gasteiger partial charge in [-0.2, -0.15) is 0 Å². The predicted molar refractivity (Wildman–Crippen MR) is 98.7 cm³/mol. The Morgan fingerprint density at radius 1 is 1.29 bits per heavy atom. The molecule has 0 fully saturated rings. The SMILES string of the molecule is CC(C)c1nc(CNC(=O)COc2ccccc2C(C)(C)C)cs1. The normalized spacial score (nSPS) is 11.6. The van der Waals surface area contributed by atoms with Crippen molar-refractivity contribution in [1.29, 1.82) is 0 Å². The fourth-order valence-electron chi connectivity index (χ4n) is 2.26. The summed E-state index contributed by atoms with van der Waals surface area (Å²) in [5.74, 6) is 1.03. The number of nitrogens with zero attached hydrogens (tertiary/aromatic N) is 1. The van der Waals surface area contributed by atoms with Crippen LogP contribution in [0.3, 0.4) is 0 Å². The third kappa shape index (κ3) is 5.06. The molecule has 5 heteroatoms. The van der Waals surface area contributed by atoms with Gasteiger partial charge in [0.15, 0.2) is 6.61 Å². The molecule has 0 aliphatic rings. The zero-order chi connectivity index (χ0) is 17.7. The number of aromatic nitrogens is 1. The molecule has 0 aliphatic heterocycles. The highest BCUT2D eigenvalue weighted by atomic mass is 32.1. The Labute approximate surface area is 148 Å². The molecule has 1 heterocycles. The van der Waals surface area contributed by atoms with E-state index in [-0.39, 0.29) is 17.9 Å². The second kappa shape index (κ2) is 7.79. The molecule has 1 amide bonds. The Balaban J connectivity index is 1.87. The lowest BCUT2D eigenvalue weighted by molar-refractivity contribution is -0.123. The number of amides is 1. The minimum atomic E-state index is -0.141. The van der Waals surface area contributed by atoms with Gasteiger partial charge in [0.1, 0.15) is 5.75 Å². The minimum Gasteiger partial charge on any atom is -0.483 e. The van der Waals surface area contributed by atoms with E-state index >= 15 is 0 Å². The maximum Gasteiger partial charge on any atom is 0.258 e. The lowest BCUT2D eigenvalue weighted by Crippen LogP contribution is -2.29. The Morgan fingerprint density at radius 3 is 2.62 bits per heavy atom. The first-order chi connectivity index (χ1) is 11.3. The lowest BCUT2D eigenvalue weighted by Gasteiger charge is -2.22. The first-order valence-corrected chi connectivity index (χ1v) is 9.08. The number of para-hydroxylation sites is 1. The van der Waals surface area contributed by atoms with E-state index in [1.165, 1.54) is 0 Å². The summed E-state index contributed by atoms with van der Waals surface area (Å²) >= 11 is 1.63. The van der Waals surface area contributed by atoms with Crippen LogP contribution >= 0.6 is 11.3 Å². The van der Waals surface area contributed by atoms with E-state index in [0.717, 1.165) is 22.0 Å². The second-order valence-electron chi connectivity index (χ2n) is 7.14. The van der Waals surface area contributed by atoms with Crippen LogP contribution in [0.5, 0.6) is 5.75 Å². The zero-order valence-electron chi connectivity index (χ0n) is 15.1. The monoisotopic (exact) mass is 346 g/mol. The van der Waals surface area contributed by atoms with Gasteiger partial charge in [-0.25, -0.2) is 4.98 Å². The van der Waals surface area contributed by atoms with Crippen molar-refractivity contribution in [3.8, 4) is 5.75 Å². The summed E-state index contributed by atoms with van der Waals surface area (Å²) in [6, 6.07) is 7.85. The molecular weight excluding hydrogens is 320 g/mol. The molecule has 1 aromatic heterocycles. The van der Waals surface area contributed by atoms with Gasteiger partial charge in [-0.05, 0) is 17.0 Å². The van der Waals surface area contributed by atoms with E-state index in [1.807, 2.05) is 29.6 Å². The fourth-order valence-corrected chi connectivity index (χ4v) is 3.10. The van der Waals surface area contributed by atoms with Crippen molar-refractivity contribution in [1.82, 2.24) is 10.3 Å². The second-order valence-corrected chi connectivity index (χ2v) is 8.03. The Hall–Kier alpha value is -1.88. The third-order valence-electron chi connectivity index (χ3n) is 3.58. The number of thiazole rings is 1. The molecule has 0 saturated carbocycles. The summed E-state index contributed by atoms with van der Waals surface area (Å²) in [6.45, 7) is 11.1. The van der Waals surface area contributed by atoms with Gasteiger partial charge in [0.25, 0.3) is 5.91 Å². The minimum absolute atomic E-state index is 0.00820. The molecule has 0 unspecified atom stereocenters. The van der Waals surface area contributed by atoms with E-state index in [0.29, 0.717) is 12.5 Å². The number of benzene rings is 1. The first-order valence-electron chi connectivity index (χ1n) is 8.20. The number of ether oxygens (including phenoxy) is 1. The average molecular weight is 346 g/mol. The van der Waals surface area contributed by atoms with Gasteiger partial charge in [-0.15, -0.1) is 11.3 Å². The molecule has 0 spiro atoms. The van der Waals surface area contributed by atoms with Crippen LogP contribution in [0.2, 0.25) is 0 Å². The highest BCUT2D eigenvalue weighted by Gasteiger charge is 2.18. The zero-order valence-corrected chi connectivity index (χ0v) is 15.9. The van der Waals surface area contributed by atoms with Crippen LogP contribution in [0.15, 0.2) is 29.6 Å². The van der Waals surface area contributed by atoms with E-state index < -0.39 is 0 Å². The predicted octanol–water partition coefficient (Wildman–Crippen LogP) is 4.26. The summed E-state index contributed by atoms with van der Waals surface area (Å²) in [4.78, 5) is 16.5. The highest BCUT2D eigenvalue weighted by Crippen LogP contribution is 2.30. The Bertz CT molecular complexity index is 687. The molecule has 0 bridgehead atoms. The molecular formula is C19H26N2O2S. The quantitative estimate of drug-likeness (QED) is 0.850. The number of hydrogen-bond donors (Lipinski definition) is 1. The molecule has 2 rings (SSSR count). The molecule has 2 aromatic rings. The number of hydrogen-bond acceptors (Lipinski definition) is 4. The van der Waals surface area contributed by atoms with Crippen molar-refractivity contribution >= 4 is 17.2 Å². The maximum atomic E-state index is 12.0. The molecule has 0 aliphatic carbocycles. The number of nitrogens with one attached hydrogen (secondary N) is 1. The van der Waals surface area contributed by atoms with Gasteiger partial charge in [-0.3, -0.25) is 4.79 Å². The van der Waals surface area contributed by atoms with E-state index in [4.69, 9.17) is 4.74 Å². The molecule has 0 atom stereocenters. The van der Waals surface area contributed by atoms with Gasteiger partial charge in [0.05, 0.1) is 17.2 Å². The van der Waals surface area contributed by atoms with Crippen LogP contribution in [0.4, 0.5) is 0 Å². The van der Waals surface area contributed by atoms with Crippen molar-refractivity contribution in [3.05, 3.63) is 45.9 Å². The van der Waals surface area contributed by atoms with Gasteiger partial charge >= 0.3 is 0 Å². The van der Waals surface area contributed by atoms with Crippen LogP contribution in [0.25, 0.3) is 0 Å². The summed E-state index contributed by atoms with van der Waals surface area (Å²) < 4.78 is 5.73. The Kier molecular flexibility index (Phi) is 5.99. The van der Waals surface area contributed by atoms with Gasteiger partial charge in [0.2, 0.25) is 0 Å². The molecule has 1 N–H and O–H groups in total. The van der Waals surface area contributed by atoms with E-state index in [2.05, 4.69) is 44.9 Å². The van der Waals surface area contributed by atoms with Crippen molar-refractivity contribution in [3.63, 3.8) is 0 Å². The van der Waals surface area contributed by atoms with Crippen LogP contribution in [-0.4, -0.2) is 17.5 Å². The lowest BCUT2D eigenvalue weighted by atomic mass is 9.86. The molecule has 0 radical (unpaired) electrons. The standard InChI is InChI=1S/C19H26N2O2S/c1-13(2)18-21-14(12-24-18)10-20-17(22)11-23-16-9-7-6-8-15(16)19(3,4)5/h6-9,12-13H,10-11H2,1-5H3,(H,20,22). The molecule has 0 saturated heterocycles. The van der Waals surface area contributed by atoms with E-state index in [1.54, 1.807) is 11.3 Å². The number of rotatable bonds is 6. The topological polar surface area (TPSA) is 51.2 Å². The van der Waals surface area contributed by atoms with Gasteiger partial charge < -0.3 is 10.1 Å². The smallest absolute Gasteiger partial charge is 0.258 e. The summed E-state index contributed by atoms with van der Waals surface area (Å²) in [5, 5.41) is 5.94. The third-order valence-corrected chi connectivity index (χ3v) is 4.78. The van der Waals surface area contributed by atoms with Crippen molar-refractivity contribution in [2.24, 2.45) is 0 Å². The number of carbonyl (C=O) groups excluding carboxylic acids is 1. The van der Waals surface area contributed by atoms with E-state index in [9.17, 15) is 4.79 Å². The summed E-state index contributed by atoms with van der Waals surface area (Å²) in [6.07, 6.45) is 0. The number of carbonyl (C=O) groups is 1. The highest BCUT2D eigenvalue weighted by molar-refractivity contribution is 7.09. The van der Waals surface area contributed by atoms with Crippen LogP contribution < -0.4 is 10.1 Å². The molecule has 4 nitrogen and oxygen atoms in total. The largest absolute Gasteiger partial charge is 0.483 e. The molecule has 24 heavy (non-hydrogen) atoms. The summed E-state index contributed by atoms with van der Waals surface area (Å²) in [7, 11) is 0. The first kappa shape index (κ1) is 18.5. The maximum absolute atomic E-state index is 12.0. The molecule has 1 aromatic carbocycles. The Morgan fingerprint density at radius 2 is 2.00 bits per heavy atom. The average Bonchev–Trinajstić information content (AvgIpc) is 2.99. The van der Waals surface area contributed by atoms with Crippen LogP contribution in [-0.2, 0) is 16.8 Å². The van der Waals surface area contributed by atoms with Crippen molar-refractivity contribution in [2.75, 3.05) is 6.61 Å². The van der Waals surface area contributed by atoms with Crippen molar-refractivity contribution < 1.29 is 9.53 Å². The van der Waals surface area contributed by atoms with Gasteiger partial charge in [-0.1, -0.05) is 52.8 Å². The summed E-state index contributed by atoms with van der Waals surface area (Å²) in [5.41, 5.74) is 1.96. The molecule has 130 valence electrons. The van der Waals surface area contributed by atoms with Gasteiger partial charge in [0, 0.05) is 11.3 Å². The van der Waals surface area contributed by atoms with Crippen molar-refractivity contribution in [2.45, 2.75) is 52.5 Å². The van der Waals surface area contributed by atoms with Crippen LogP contribution in [0.1, 0.15) is 56.8 Å².